The van der Waals surface area contributed by atoms with Gasteiger partial charge in [-0.05, 0) is 12.5 Å². The molecule has 0 saturated carbocycles. The van der Waals surface area contributed by atoms with Crippen LogP contribution in [0.25, 0.3) is 22.2 Å². The number of hydrogen-bond donors (Lipinski definition) is 3. The number of carbonyl (C=O) groups is 1. The first-order valence-electron chi connectivity index (χ1n) is 7.21. The van der Waals surface area contributed by atoms with Gasteiger partial charge >= 0.3 is 5.97 Å². The highest BCUT2D eigenvalue weighted by Crippen LogP contribution is 2.34. The van der Waals surface area contributed by atoms with Gasteiger partial charge in [0.25, 0.3) is 5.56 Å². The molecule has 2 heterocycles. The summed E-state index contributed by atoms with van der Waals surface area (Å²) in [4.78, 5) is 25.9. The number of carboxylic acid groups (broad SMARTS) is 1. The van der Waals surface area contributed by atoms with Gasteiger partial charge in [-0.1, -0.05) is 25.1 Å². The Labute approximate surface area is 131 Å². The monoisotopic (exact) mass is 312 g/mol. The van der Waals surface area contributed by atoms with Crippen LogP contribution in [0.15, 0.2) is 35.3 Å². The molecule has 0 fully saturated rings. The smallest absolute Gasteiger partial charge is 0.345 e. The zero-order valence-electron chi connectivity index (χ0n) is 12.8. The van der Waals surface area contributed by atoms with Gasteiger partial charge < -0.3 is 19.8 Å². The van der Waals surface area contributed by atoms with Crippen LogP contribution in [0, 0.1) is 0 Å². The molecule has 0 saturated heterocycles. The van der Waals surface area contributed by atoms with Crippen molar-refractivity contribution in [1.29, 1.82) is 0 Å². The summed E-state index contributed by atoms with van der Waals surface area (Å²) < 4.78 is 1.92. The fraction of sp³-hybridized carbons (Fsp3) is 0.176. The third-order valence-corrected chi connectivity index (χ3v) is 4.02. The number of aromatic nitrogens is 2. The van der Waals surface area contributed by atoms with E-state index < -0.39 is 22.8 Å². The van der Waals surface area contributed by atoms with Crippen LogP contribution < -0.4 is 5.56 Å². The quantitative estimate of drug-likeness (QED) is 0.692. The number of pyridine rings is 1. The van der Waals surface area contributed by atoms with Crippen molar-refractivity contribution < 1.29 is 15.0 Å². The summed E-state index contributed by atoms with van der Waals surface area (Å²) in [7, 11) is 1.89. The van der Waals surface area contributed by atoms with E-state index >= 15 is 0 Å². The number of benzene rings is 1. The van der Waals surface area contributed by atoms with Gasteiger partial charge in [0.1, 0.15) is 5.75 Å². The number of hydrogen-bond acceptors (Lipinski definition) is 3. The summed E-state index contributed by atoms with van der Waals surface area (Å²) in [5.74, 6) is -1.91. The Balaban J connectivity index is 2.40. The van der Waals surface area contributed by atoms with E-state index in [2.05, 4.69) is 4.98 Å². The van der Waals surface area contributed by atoms with Gasteiger partial charge in [-0.3, -0.25) is 4.79 Å². The Morgan fingerprint density at radius 3 is 2.65 bits per heavy atom. The highest BCUT2D eigenvalue weighted by atomic mass is 16.4. The summed E-state index contributed by atoms with van der Waals surface area (Å²) in [6, 6.07) is 7.68. The number of fused-ring (bicyclic) bond motifs is 1. The van der Waals surface area contributed by atoms with Crippen molar-refractivity contribution in [2.75, 3.05) is 0 Å². The molecule has 6 nitrogen and oxygen atoms in total. The molecule has 6 heteroatoms. The third kappa shape index (κ3) is 2.19. The predicted octanol–water partition coefficient (Wildman–Crippen LogP) is 2.50. The topological polar surface area (TPSA) is 95.3 Å². The van der Waals surface area contributed by atoms with E-state index in [1.807, 2.05) is 42.1 Å². The molecule has 3 N–H and O–H groups in total. The van der Waals surface area contributed by atoms with Crippen molar-refractivity contribution >= 4 is 16.9 Å². The molecular weight excluding hydrogens is 296 g/mol. The number of aryl methyl sites for hydroxylation is 1. The van der Waals surface area contributed by atoms with Crippen LogP contribution in [-0.2, 0) is 13.5 Å². The number of aromatic hydroxyl groups is 1. The van der Waals surface area contributed by atoms with Crippen molar-refractivity contribution in [3.8, 4) is 17.0 Å². The van der Waals surface area contributed by atoms with Crippen LogP contribution in [0.5, 0.6) is 5.75 Å². The van der Waals surface area contributed by atoms with Crippen LogP contribution >= 0.6 is 0 Å². The largest absolute Gasteiger partial charge is 0.506 e. The van der Waals surface area contributed by atoms with Gasteiger partial charge in [0.05, 0.1) is 5.69 Å². The van der Waals surface area contributed by atoms with E-state index in [9.17, 15) is 14.7 Å². The van der Waals surface area contributed by atoms with Gasteiger partial charge in [-0.25, -0.2) is 4.79 Å². The summed E-state index contributed by atoms with van der Waals surface area (Å²) >= 11 is 0. The second kappa shape index (κ2) is 5.31. The molecule has 0 unspecified atom stereocenters. The number of H-pyrrole nitrogens is 1. The van der Waals surface area contributed by atoms with Gasteiger partial charge in [0, 0.05) is 35.3 Å². The Hall–Kier alpha value is -3.02. The number of aromatic carboxylic acids is 1. The van der Waals surface area contributed by atoms with Crippen molar-refractivity contribution in [3.63, 3.8) is 0 Å². The molecule has 0 radical (unpaired) electrons. The molecule has 0 bridgehead atoms. The van der Waals surface area contributed by atoms with E-state index in [-0.39, 0.29) is 0 Å². The minimum absolute atomic E-state index is 0.390. The fourth-order valence-electron chi connectivity index (χ4n) is 2.94. The average molecular weight is 312 g/mol. The zero-order valence-corrected chi connectivity index (χ0v) is 12.8. The molecule has 2 aromatic heterocycles. The lowest BCUT2D eigenvalue weighted by molar-refractivity contribution is 0.0691. The van der Waals surface area contributed by atoms with Gasteiger partial charge in [-0.15, -0.1) is 0 Å². The minimum atomic E-state index is -1.44. The summed E-state index contributed by atoms with van der Waals surface area (Å²) in [6.07, 6.45) is 2.25. The van der Waals surface area contributed by atoms with E-state index in [0.717, 1.165) is 16.5 Å². The van der Waals surface area contributed by atoms with Crippen molar-refractivity contribution in [2.24, 2.45) is 7.05 Å². The second-order valence-corrected chi connectivity index (χ2v) is 5.36. The Morgan fingerprint density at radius 1 is 1.30 bits per heavy atom. The minimum Gasteiger partial charge on any atom is -0.506 e. The van der Waals surface area contributed by atoms with Crippen LogP contribution in [0.3, 0.4) is 0 Å². The molecule has 0 spiro atoms. The number of nitrogens with zero attached hydrogens (tertiary/aromatic N) is 1. The van der Waals surface area contributed by atoms with Crippen LogP contribution in [0.2, 0.25) is 0 Å². The highest BCUT2D eigenvalue weighted by Gasteiger charge is 2.23. The van der Waals surface area contributed by atoms with E-state index in [4.69, 9.17) is 5.11 Å². The Kier molecular flexibility index (Phi) is 3.44. The standard InChI is InChI=1S/C17H16N2O4/c1-3-9-14(18-16(21)13(15(9)20)17(22)23)11-8-19(2)12-7-5-4-6-10(11)12/h4-8H,3H2,1-2H3,(H,22,23)(H2,18,20,21). The van der Waals surface area contributed by atoms with Gasteiger partial charge in [-0.2, -0.15) is 0 Å². The number of para-hydroxylation sites is 1. The fourth-order valence-corrected chi connectivity index (χ4v) is 2.94. The van der Waals surface area contributed by atoms with Crippen LogP contribution in [0.1, 0.15) is 22.8 Å². The predicted molar refractivity (Wildman–Crippen MR) is 87.0 cm³/mol. The van der Waals surface area contributed by atoms with Crippen molar-refractivity contribution in [1.82, 2.24) is 9.55 Å². The maximum absolute atomic E-state index is 12.1. The molecule has 118 valence electrons. The lowest BCUT2D eigenvalue weighted by atomic mass is 10.00. The molecule has 0 atom stereocenters. The zero-order chi connectivity index (χ0) is 16.7. The number of nitrogens with one attached hydrogen (secondary N) is 1. The molecule has 3 aromatic rings. The van der Waals surface area contributed by atoms with Crippen molar-refractivity contribution in [3.05, 3.63) is 51.9 Å². The molecule has 0 aliphatic rings. The third-order valence-electron chi connectivity index (χ3n) is 4.02. The first-order chi connectivity index (χ1) is 11.0. The normalized spacial score (nSPS) is 11.0. The van der Waals surface area contributed by atoms with Gasteiger partial charge in [0.15, 0.2) is 5.56 Å². The number of rotatable bonds is 3. The summed E-state index contributed by atoms with van der Waals surface area (Å²) in [5, 5.41) is 20.3. The highest BCUT2D eigenvalue weighted by molar-refractivity contribution is 5.97. The van der Waals surface area contributed by atoms with E-state index in [1.165, 1.54) is 0 Å². The van der Waals surface area contributed by atoms with Crippen LogP contribution in [0.4, 0.5) is 0 Å². The summed E-state index contributed by atoms with van der Waals surface area (Å²) in [6.45, 7) is 1.80. The SMILES string of the molecule is CCc1c(-c2cn(C)c3ccccc23)[nH]c(=O)c(C(=O)O)c1O. The first kappa shape index (κ1) is 14.9. The van der Waals surface area contributed by atoms with E-state index in [0.29, 0.717) is 17.7 Å². The molecule has 23 heavy (non-hydrogen) atoms. The maximum Gasteiger partial charge on any atom is 0.345 e. The van der Waals surface area contributed by atoms with E-state index in [1.54, 1.807) is 6.92 Å². The van der Waals surface area contributed by atoms with Gasteiger partial charge in [0.2, 0.25) is 0 Å². The molecular formula is C17H16N2O4. The Morgan fingerprint density at radius 2 is 2.00 bits per heavy atom. The number of aromatic amines is 1. The summed E-state index contributed by atoms with van der Waals surface area (Å²) in [5.41, 5.74) is 1.17. The molecule has 3 rings (SSSR count). The number of carboxylic acids is 1. The molecule has 0 amide bonds. The lowest BCUT2D eigenvalue weighted by Gasteiger charge is -2.11. The van der Waals surface area contributed by atoms with Crippen molar-refractivity contribution in [2.45, 2.75) is 13.3 Å². The second-order valence-electron chi connectivity index (χ2n) is 5.36. The average Bonchev–Trinajstić information content (AvgIpc) is 2.84. The van der Waals surface area contributed by atoms with Crippen LogP contribution in [-0.4, -0.2) is 25.7 Å². The molecule has 1 aromatic carbocycles. The molecule has 0 aliphatic heterocycles. The Bertz CT molecular complexity index is 982. The lowest BCUT2D eigenvalue weighted by Crippen LogP contribution is -2.19. The molecule has 0 aliphatic carbocycles. The first-order valence-corrected chi connectivity index (χ1v) is 7.21. The maximum atomic E-state index is 12.1.